The number of hydrogen-bond acceptors (Lipinski definition) is 1. The highest BCUT2D eigenvalue weighted by Gasteiger charge is 2.61. The van der Waals surface area contributed by atoms with Crippen LogP contribution in [0.2, 0.25) is 0 Å². The van der Waals surface area contributed by atoms with Crippen LogP contribution in [0.1, 0.15) is 88.9 Å². The summed E-state index contributed by atoms with van der Waals surface area (Å²) < 4.78 is 0. The molecule has 0 aliphatic heterocycles. The van der Waals surface area contributed by atoms with E-state index in [9.17, 15) is 4.79 Å². The predicted molar refractivity (Wildman–Crippen MR) is 133 cm³/mol. The second-order valence-corrected chi connectivity index (χ2v) is 12.6. The quantitative estimate of drug-likeness (QED) is 0.439. The molecule has 4 aliphatic rings. The number of fused-ring (bicyclic) bond motifs is 6. The lowest BCUT2D eigenvalue weighted by Crippen LogP contribution is -2.53. The van der Waals surface area contributed by atoms with Gasteiger partial charge in [0.05, 0.1) is 0 Å². The first kappa shape index (κ1) is 20.9. The summed E-state index contributed by atoms with van der Waals surface area (Å²) in [6, 6.07) is 14.8. The van der Waals surface area contributed by atoms with Crippen LogP contribution in [-0.4, -0.2) is 5.78 Å². The Labute approximate surface area is 194 Å². The molecule has 0 heterocycles. The lowest BCUT2D eigenvalue weighted by molar-refractivity contribution is -0.114. The van der Waals surface area contributed by atoms with Gasteiger partial charge in [-0.05, 0) is 109 Å². The molecule has 0 N–H and O–H groups in total. The van der Waals surface area contributed by atoms with Crippen LogP contribution in [0.25, 0.3) is 10.8 Å². The van der Waals surface area contributed by atoms with Gasteiger partial charge < -0.3 is 0 Å². The largest absolute Gasteiger partial charge is 0.294 e. The van der Waals surface area contributed by atoms with Crippen molar-refractivity contribution in [3.8, 4) is 0 Å². The fourth-order valence-electron chi connectivity index (χ4n) is 9.45. The number of hydrogen-bond donors (Lipinski definition) is 0. The van der Waals surface area contributed by atoms with Crippen molar-refractivity contribution in [1.29, 1.82) is 0 Å². The Morgan fingerprint density at radius 1 is 0.812 bits per heavy atom. The molecule has 0 saturated heterocycles. The molecule has 32 heavy (non-hydrogen) atoms. The van der Waals surface area contributed by atoms with E-state index < -0.39 is 0 Å². The molecule has 170 valence electrons. The zero-order valence-corrected chi connectivity index (χ0v) is 20.3. The van der Waals surface area contributed by atoms with Crippen LogP contribution in [0.5, 0.6) is 0 Å². The van der Waals surface area contributed by atoms with Crippen molar-refractivity contribution in [2.24, 2.45) is 46.3 Å². The van der Waals surface area contributed by atoms with Crippen molar-refractivity contribution >= 4 is 16.6 Å². The van der Waals surface area contributed by atoms with E-state index in [0.717, 1.165) is 41.6 Å². The van der Waals surface area contributed by atoms with Gasteiger partial charge in [-0.2, -0.15) is 0 Å². The van der Waals surface area contributed by atoms with E-state index in [0.29, 0.717) is 11.2 Å². The monoisotopic (exact) mass is 428 g/mol. The van der Waals surface area contributed by atoms with Crippen molar-refractivity contribution in [3.05, 3.63) is 48.0 Å². The van der Waals surface area contributed by atoms with Gasteiger partial charge >= 0.3 is 0 Å². The van der Waals surface area contributed by atoms with Gasteiger partial charge in [-0.1, -0.05) is 63.6 Å². The fourth-order valence-corrected chi connectivity index (χ4v) is 9.45. The molecule has 2 aromatic carbocycles. The molecule has 0 amide bonds. The standard InChI is InChI=1S/C31H40O/c1-20-14-16-30(2)24(18-20)10-11-25-26-12-13-28(31(26,3)17-15-27(25)30)29(32)23-9-8-21-6-4-5-7-22(21)19-23/h4-9,19-20,24-28H,10-18H2,1-3H3/t20?,24?,25?,26?,27?,28-,30?,31?/m1/s1. The SMILES string of the molecule is CC1CCC2(C)C(CCC3C2CCC2(C)C3CC[C@@H]2C(=O)c2ccc3ccccc3c2)C1. The molecule has 4 aliphatic carbocycles. The molecule has 4 saturated carbocycles. The summed E-state index contributed by atoms with van der Waals surface area (Å²) in [6.45, 7) is 7.64. The molecule has 0 spiro atoms. The highest BCUT2D eigenvalue weighted by atomic mass is 16.1. The van der Waals surface area contributed by atoms with Crippen molar-refractivity contribution in [3.63, 3.8) is 0 Å². The summed E-state index contributed by atoms with van der Waals surface area (Å²) >= 11 is 0. The number of rotatable bonds is 2. The Balaban J connectivity index is 1.27. The van der Waals surface area contributed by atoms with Gasteiger partial charge in [0.1, 0.15) is 0 Å². The summed E-state index contributed by atoms with van der Waals surface area (Å²) in [4.78, 5) is 13.8. The Kier molecular flexibility index (Phi) is 4.87. The summed E-state index contributed by atoms with van der Waals surface area (Å²) in [5.74, 6) is 5.03. The Morgan fingerprint density at radius 2 is 1.56 bits per heavy atom. The first-order valence-corrected chi connectivity index (χ1v) is 13.4. The van der Waals surface area contributed by atoms with E-state index in [-0.39, 0.29) is 11.3 Å². The maximum absolute atomic E-state index is 13.8. The smallest absolute Gasteiger partial charge is 0.166 e. The summed E-state index contributed by atoms with van der Waals surface area (Å²) in [6.07, 6.45) is 12.2. The maximum Gasteiger partial charge on any atom is 0.166 e. The molecule has 2 aromatic rings. The molecule has 0 bridgehead atoms. The first-order chi connectivity index (χ1) is 15.4. The van der Waals surface area contributed by atoms with Crippen LogP contribution in [0.15, 0.2) is 42.5 Å². The van der Waals surface area contributed by atoms with Crippen LogP contribution >= 0.6 is 0 Å². The van der Waals surface area contributed by atoms with Gasteiger partial charge in [0, 0.05) is 11.5 Å². The number of carbonyl (C=O) groups excluding carboxylic acids is 1. The third-order valence-corrected chi connectivity index (χ3v) is 11.3. The number of benzene rings is 2. The molecule has 8 atom stereocenters. The van der Waals surface area contributed by atoms with Crippen LogP contribution < -0.4 is 0 Å². The van der Waals surface area contributed by atoms with Crippen LogP contribution in [0.3, 0.4) is 0 Å². The number of carbonyl (C=O) groups is 1. The first-order valence-electron chi connectivity index (χ1n) is 13.4. The van der Waals surface area contributed by atoms with Crippen LogP contribution in [-0.2, 0) is 0 Å². The third-order valence-electron chi connectivity index (χ3n) is 11.3. The lowest BCUT2D eigenvalue weighted by atomic mass is 9.44. The average Bonchev–Trinajstić information content (AvgIpc) is 3.16. The molecule has 0 radical (unpaired) electrons. The van der Waals surface area contributed by atoms with E-state index in [4.69, 9.17) is 0 Å². The number of ketones is 1. The predicted octanol–water partition coefficient (Wildman–Crippen LogP) is 8.32. The van der Waals surface area contributed by atoms with E-state index in [1.807, 2.05) is 0 Å². The summed E-state index contributed by atoms with van der Waals surface area (Å²) in [7, 11) is 0. The molecule has 1 heteroatoms. The molecule has 1 nitrogen and oxygen atoms in total. The molecule has 6 rings (SSSR count). The molecular formula is C31H40O. The van der Waals surface area contributed by atoms with Crippen LogP contribution in [0.4, 0.5) is 0 Å². The van der Waals surface area contributed by atoms with Gasteiger partial charge in [0.15, 0.2) is 5.78 Å². The average molecular weight is 429 g/mol. The van der Waals surface area contributed by atoms with Gasteiger partial charge in [-0.15, -0.1) is 0 Å². The zero-order valence-electron chi connectivity index (χ0n) is 20.3. The van der Waals surface area contributed by atoms with E-state index in [2.05, 4.69) is 63.2 Å². The maximum atomic E-state index is 13.8. The lowest BCUT2D eigenvalue weighted by Gasteiger charge is -2.61. The zero-order chi connectivity index (χ0) is 22.1. The highest BCUT2D eigenvalue weighted by Crippen LogP contribution is 2.68. The van der Waals surface area contributed by atoms with E-state index in [1.165, 1.54) is 62.1 Å². The Hall–Kier alpha value is -1.63. The van der Waals surface area contributed by atoms with Crippen molar-refractivity contribution in [2.75, 3.05) is 0 Å². The second-order valence-electron chi connectivity index (χ2n) is 12.6. The van der Waals surface area contributed by atoms with Crippen molar-refractivity contribution < 1.29 is 4.79 Å². The summed E-state index contributed by atoms with van der Waals surface area (Å²) in [5.41, 5.74) is 1.71. The normalized spacial score (nSPS) is 43.3. The Morgan fingerprint density at radius 3 is 2.41 bits per heavy atom. The third kappa shape index (κ3) is 2.99. The fraction of sp³-hybridized carbons (Fsp3) is 0.645. The van der Waals surface area contributed by atoms with Crippen LogP contribution in [0, 0.1) is 46.3 Å². The molecule has 0 aromatic heterocycles. The van der Waals surface area contributed by atoms with Crippen molar-refractivity contribution in [1.82, 2.24) is 0 Å². The second kappa shape index (κ2) is 7.44. The highest BCUT2D eigenvalue weighted by molar-refractivity contribution is 6.01. The van der Waals surface area contributed by atoms with E-state index in [1.54, 1.807) is 0 Å². The van der Waals surface area contributed by atoms with Crippen molar-refractivity contribution in [2.45, 2.75) is 78.6 Å². The molecule has 7 unspecified atom stereocenters. The Bertz CT molecular complexity index is 1040. The van der Waals surface area contributed by atoms with Gasteiger partial charge in [-0.3, -0.25) is 4.79 Å². The minimum Gasteiger partial charge on any atom is -0.294 e. The van der Waals surface area contributed by atoms with E-state index >= 15 is 0 Å². The van der Waals surface area contributed by atoms with Gasteiger partial charge in [0.2, 0.25) is 0 Å². The number of Topliss-reactive ketones (excluding diaryl/α,β-unsaturated/α-hetero) is 1. The topological polar surface area (TPSA) is 17.1 Å². The summed E-state index contributed by atoms with van der Waals surface area (Å²) in [5, 5.41) is 2.42. The minimum atomic E-state index is 0.203. The minimum absolute atomic E-state index is 0.203. The van der Waals surface area contributed by atoms with Gasteiger partial charge in [0.25, 0.3) is 0 Å². The van der Waals surface area contributed by atoms with Gasteiger partial charge in [-0.25, -0.2) is 0 Å². The molecular weight excluding hydrogens is 388 g/mol. The molecule has 4 fully saturated rings.